The number of H-pyrrole nitrogens is 1. The molecule has 0 spiro atoms. The fraction of sp³-hybridized carbons (Fsp3) is 0.250. The highest BCUT2D eigenvalue weighted by Crippen LogP contribution is 2.12. The fourth-order valence-corrected chi connectivity index (χ4v) is 1.55. The number of rotatable bonds is 4. The number of hydrogen-bond acceptors (Lipinski definition) is 3. The molecule has 1 amide bonds. The van der Waals surface area contributed by atoms with Crippen molar-refractivity contribution in [3.8, 4) is 0 Å². The van der Waals surface area contributed by atoms with Crippen molar-refractivity contribution >= 4 is 5.91 Å². The zero-order valence-electron chi connectivity index (χ0n) is 9.55. The fourth-order valence-electron chi connectivity index (χ4n) is 1.55. The van der Waals surface area contributed by atoms with Crippen LogP contribution in [-0.4, -0.2) is 27.9 Å². The van der Waals surface area contributed by atoms with Crippen molar-refractivity contribution < 1.29 is 4.79 Å². The highest BCUT2D eigenvalue weighted by molar-refractivity contribution is 5.91. The summed E-state index contributed by atoms with van der Waals surface area (Å²) < 4.78 is 0. The molecule has 0 aliphatic carbocycles. The highest BCUT2D eigenvalue weighted by atomic mass is 16.1. The molecule has 0 unspecified atom stereocenters. The molecule has 0 aliphatic rings. The van der Waals surface area contributed by atoms with E-state index < -0.39 is 0 Å². The molecule has 1 atom stereocenters. The summed E-state index contributed by atoms with van der Waals surface area (Å²) in [6.45, 7) is 2.65. The lowest BCUT2D eigenvalue weighted by Crippen LogP contribution is -2.27. The van der Waals surface area contributed by atoms with E-state index in [1.165, 1.54) is 11.8 Å². The molecule has 2 aromatic rings. The molecule has 0 fully saturated rings. The first-order valence-corrected chi connectivity index (χ1v) is 5.46. The van der Waals surface area contributed by atoms with Gasteiger partial charge >= 0.3 is 0 Å². The minimum absolute atomic E-state index is 0.207. The largest absolute Gasteiger partial charge is 0.350 e. The molecule has 0 radical (unpaired) electrons. The third-order valence-corrected chi connectivity index (χ3v) is 2.59. The van der Waals surface area contributed by atoms with Crippen LogP contribution in [0.15, 0.2) is 36.5 Å². The molecular weight excluding hydrogens is 216 g/mol. The van der Waals surface area contributed by atoms with Gasteiger partial charge in [-0.2, -0.15) is 15.4 Å². The van der Waals surface area contributed by atoms with E-state index in [9.17, 15) is 4.79 Å². The third kappa shape index (κ3) is 2.90. The lowest BCUT2D eigenvalue weighted by atomic mass is 10.0. The third-order valence-electron chi connectivity index (χ3n) is 2.59. The summed E-state index contributed by atoms with van der Waals surface area (Å²) in [6, 6.07) is 10.1. The lowest BCUT2D eigenvalue weighted by Gasteiger charge is -2.12. The van der Waals surface area contributed by atoms with Crippen LogP contribution in [0.3, 0.4) is 0 Å². The molecule has 0 saturated heterocycles. The number of nitrogens with zero attached hydrogens (tertiary/aromatic N) is 2. The Bertz CT molecular complexity index is 467. The van der Waals surface area contributed by atoms with Gasteiger partial charge in [0.05, 0.1) is 6.20 Å². The standard InChI is InChI=1S/C12H14N4O/c1-9(10-5-3-2-4-6-10)7-13-12(17)11-8-14-16-15-11/h2-6,8-9H,7H2,1H3,(H,13,17)(H,14,15,16)/t9-/m1/s1. The maximum absolute atomic E-state index is 11.6. The predicted octanol–water partition coefficient (Wildman–Crippen LogP) is 1.34. The average molecular weight is 230 g/mol. The van der Waals surface area contributed by atoms with E-state index in [-0.39, 0.29) is 11.8 Å². The highest BCUT2D eigenvalue weighted by Gasteiger charge is 2.10. The molecule has 17 heavy (non-hydrogen) atoms. The van der Waals surface area contributed by atoms with Crippen LogP contribution in [0.5, 0.6) is 0 Å². The first-order valence-electron chi connectivity index (χ1n) is 5.46. The van der Waals surface area contributed by atoms with Gasteiger partial charge in [-0.1, -0.05) is 37.3 Å². The quantitative estimate of drug-likeness (QED) is 0.832. The smallest absolute Gasteiger partial charge is 0.273 e. The van der Waals surface area contributed by atoms with E-state index in [4.69, 9.17) is 0 Å². The summed E-state index contributed by atoms with van der Waals surface area (Å²) in [5.41, 5.74) is 1.51. The number of nitrogens with one attached hydrogen (secondary N) is 2. The summed E-state index contributed by atoms with van der Waals surface area (Å²) in [6.07, 6.45) is 1.41. The number of benzene rings is 1. The predicted molar refractivity (Wildman–Crippen MR) is 63.6 cm³/mol. The zero-order chi connectivity index (χ0) is 12.1. The molecule has 2 N–H and O–H groups in total. The van der Waals surface area contributed by atoms with Gasteiger partial charge in [0.1, 0.15) is 0 Å². The van der Waals surface area contributed by atoms with E-state index in [0.29, 0.717) is 12.2 Å². The second-order valence-electron chi connectivity index (χ2n) is 3.88. The van der Waals surface area contributed by atoms with Gasteiger partial charge in [0, 0.05) is 6.54 Å². The van der Waals surface area contributed by atoms with E-state index in [0.717, 1.165) is 0 Å². The summed E-state index contributed by atoms with van der Waals surface area (Å²) in [4.78, 5) is 11.6. The van der Waals surface area contributed by atoms with Gasteiger partial charge in [-0.3, -0.25) is 4.79 Å². The molecule has 0 aliphatic heterocycles. The maximum Gasteiger partial charge on any atom is 0.273 e. The van der Waals surface area contributed by atoms with Crippen molar-refractivity contribution in [2.45, 2.75) is 12.8 Å². The van der Waals surface area contributed by atoms with Crippen molar-refractivity contribution in [3.63, 3.8) is 0 Å². The van der Waals surface area contributed by atoms with Crippen LogP contribution in [0.25, 0.3) is 0 Å². The topological polar surface area (TPSA) is 70.7 Å². The number of hydrogen-bond donors (Lipinski definition) is 2. The summed E-state index contributed by atoms with van der Waals surface area (Å²) in [5.74, 6) is 0.0635. The zero-order valence-corrected chi connectivity index (χ0v) is 9.55. The average Bonchev–Trinajstić information content (AvgIpc) is 2.90. The number of carbonyl (C=O) groups is 1. The monoisotopic (exact) mass is 230 g/mol. The van der Waals surface area contributed by atoms with Gasteiger partial charge in [-0.15, -0.1) is 0 Å². The Morgan fingerprint density at radius 1 is 1.41 bits per heavy atom. The van der Waals surface area contributed by atoms with Crippen molar-refractivity contribution in [3.05, 3.63) is 47.8 Å². The van der Waals surface area contributed by atoms with Gasteiger partial charge < -0.3 is 5.32 Å². The summed E-state index contributed by atoms with van der Waals surface area (Å²) in [5, 5.41) is 12.5. The van der Waals surface area contributed by atoms with Gasteiger partial charge in [0.15, 0.2) is 5.69 Å². The minimum Gasteiger partial charge on any atom is -0.350 e. The van der Waals surface area contributed by atoms with Gasteiger partial charge in [-0.05, 0) is 11.5 Å². The maximum atomic E-state index is 11.6. The van der Waals surface area contributed by atoms with Crippen molar-refractivity contribution in [1.29, 1.82) is 0 Å². The first-order chi connectivity index (χ1) is 8.27. The summed E-state index contributed by atoms with van der Waals surface area (Å²) >= 11 is 0. The SMILES string of the molecule is C[C@H](CNC(=O)c1cn[nH]n1)c1ccccc1. The summed E-state index contributed by atoms with van der Waals surface area (Å²) in [7, 11) is 0. The Morgan fingerprint density at radius 3 is 2.82 bits per heavy atom. The molecule has 5 nitrogen and oxygen atoms in total. The van der Waals surface area contributed by atoms with Crippen LogP contribution in [-0.2, 0) is 0 Å². The Hall–Kier alpha value is -2.17. The number of aromatic amines is 1. The Morgan fingerprint density at radius 2 is 2.18 bits per heavy atom. The molecular formula is C12H14N4O. The molecule has 0 bridgehead atoms. The van der Waals surface area contributed by atoms with E-state index in [1.54, 1.807) is 0 Å². The normalized spacial score (nSPS) is 12.1. The Kier molecular flexibility index (Phi) is 3.49. The Balaban J connectivity index is 1.89. The molecule has 0 saturated carbocycles. The molecule has 1 aromatic heterocycles. The Labute approximate surface area is 99.2 Å². The van der Waals surface area contributed by atoms with Crippen molar-refractivity contribution in [2.75, 3.05) is 6.54 Å². The second kappa shape index (κ2) is 5.25. The van der Waals surface area contributed by atoms with Crippen LogP contribution >= 0.6 is 0 Å². The van der Waals surface area contributed by atoms with Gasteiger partial charge in [-0.25, -0.2) is 0 Å². The van der Waals surface area contributed by atoms with E-state index in [1.807, 2.05) is 30.3 Å². The molecule has 1 heterocycles. The van der Waals surface area contributed by atoms with Crippen LogP contribution in [0.2, 0.25) is 0 Å². The molecule has 5 heteroatoms. The number of carbonyl (C=O) groups excluding carboxylic acids is 1. The molecule has 1 aromatic carbocycles. The molecule has 88 valence electrons. The van der Waals surface area contributed by atoms with Gasteiger partial charge in [0.2, 0.25) is 0 Å². The van der Waals surface area contributed by atoms with E-state index in [2.05, 4.69) is 27.7 Å². The van der Waals surface area contributed by atoms with Crippen LogP contribution in [0, 0.1) is 0 Å². The van der Waals surface area contributed by atoms with Crippen LogP contribution in [0.1, 0.15) is 28.9 Å². The minimum atomic E-state index is -0.207. The van der Waals surface area contributed by atoms with Crippen molar-refractivity contribution in [2.24, 2.45) is 0 Å². The lowest BCUT2D eigenvalue weighted by molar-refractivity contribution is 0.0946. The second-order valence-corrected chi connectivity index (χ2v) is 3.88. The molecule has 2 rings (SSSR count). The van der Waals surface area contributed by atoms with E-state index >= 15 is 0 Å². The number of amides is 1. The first kappa shape index (κ1) is 11.3. The number of aromatic nitrogens is 3. The van der Waals surface area contributed by atoms with Crippen LogP contribution in [0.4, 0.5) is 0 Å². The van der Waals surface area contributed by atoms with Crippen molar-refractivity contribution in [1.82, 2.24) is 20.7 Å². The van der Waals surface area contributed by atoms with Crippen LogP contribution < -0.4 is 5.32 Å². The van der Waals surface area contributed by atoms with Gasteiger partial charge in [0.25, 0.3) is 5.91 Å².